The number of carboxylic acid groups (broad SMARTS) is 1. The van der Waals surface area contributed by atoms with E-state index < -0.39 is 12.0 Å². The second-order valence-electron chi connectivity index (χ2n) is 4.97. The molecule has 0 aromatic heterocycles. The van der Waals surface area contributed by atoms with Gasteiger partial charge in [0.25, 0.3) is 0 Å². The van der Waals surface area contributed by atoms with Crippen LogP contribution in [0.15, 0.2) is 11.6 Å². The number of rotatable bonds is 7. The molecule has 6 heteroatoms. The first-order valence-corrected chi connectivity index (χ1v) is 7.03. The fourth-order valence-electron chi connectivity index (χ4n) is 2.12. The van der Waals surface area contributed by atoms with Gasteiger partial charge in [0.2, 0.25) is 0 Å². The summed E-state index contributed by atoms with van der Waals surface area (Å²) < 4.78 is 5.05. The molecule has 0 saturated heterocycles. The zero-order chi connectivity index (χ0) is 15.0. The van der Waals surface area contributed by atoms with Gasteiger partial charge in [0, 0.05) is 20.2 Å². The average Bonchev–Trinajstić information content (AvgIpc) is 2.44. The van der Waals surface area contributed by atoms with Crippen LogP contribution in [0.2, 0.25) is 0 Å². The maximum atomic E-state index is 12.0. The van der Waals surface area contributed by atoms with Crippen LogP contribution < -0.4 is 5.32 Å². The Hall–Kier alpha value is -1.56. The number of ether oxygens (including phenoxy) is 1. The van der Waals surface area contributed by atoms with E-state index in [9.17, 15) is 9.59 Å². The molecule has 0 aromatic rings. The van der Waals surface area contributed by atoms with E-state index >= 15 is 0 Å². The van der Waals surface area contributed by atoms with Crippen molar-refractivity contribution in [3.63, 3.8) is 0 Å². The van der Waals surface area contributed by atoms with Crippen LogP contribution in [0.4, 0.5) is 4.79 Å². The summed E-state index contributed by atoms with van der Waals surface area (Å²) in [4.78, 5) is 24.8. The molecule has 0 fully saturated rings. The van der Waals surface area contributed by atoms with Crippen molar-refractivity contribution in [1.29, 1.82) is 0 Å². The Balaban J connectivity index is 2.47. The molecule has 114 valence electrons. The fourth-order valence-corrected chi connectivity index (χ4v) is 2.12. The first-order chi connectivity index (χ1) is 9.58. The van der Waals surface area contributed by atoms with Crippen LogP contribution in [-0.2, 0) is 9.53 Å². The predicted octanol–water partition coefficient (Wildman–Crippen LogP) is 1.62. The van der Waals surface area contributed by atoms with Crippen LogP contribution in [0.1, 0.15) is 32.6 Å². The van der Waals surface area contributed by atoms with E-state index in [0.29, 0.717) is 26.1 Å². The lowest BCUT2D eigenvalue weighted by atomic mass is 10.1. The molecular formula is C14H24N2O4. The first kappa shape index (κ1) is 16.5. The lowest BCUT2D eigenvalue weighted by Crippen LogP contribution is -2.49. The molecule has 0 spiro atoms. The topological polar surface area (TPSA) is 78.9 Å². The number of aliphatic carboxylic acids is 1. The number of hydrogen-bond donors (Lipinski definition) is 2. The minimum atomic E-state index is -0.973. The zero-order valence-electron chi connectivity index (χ0n) is 12.2. The second-order valence-corrected chi connectivity index (χ2v) is 4.97. The van der Waals surface area contributed by atoms with E-state index in [2.05, 4.69) is 5.32 Å². The van der Waals surface area contributed by atoms with Gasteiger partial charge in [-0.15, -0.1) is 0 Å². The van der Waals surface area contributed by atoms with Crippen molar-refractivity contribution in [2.45, 2.75) is 38.6 Å². The molecular weight excluding hydrogens is 260 g/mol. The Morgan fingerprint density at radius 1 is 1.55 bits per heavy atom. The second kappa shape index (κ2) is 8.58. The summed E-state index contributed by atoms with van der Waals surface area (Å²) in [5.74, 6) is -0.973. The number of carbonyl (C=O) groups excluding carboxylic acids is 1. The molecule has 1 unspecified atom stereocenters. The van der Waals surface area contributed by atoms with E-state index in [4.69, 9.17) is 9.84 Å². The third-order valence-corrected chi connectivity index (χ3v) is 3.36. The van der Waals surface area contributed by atoms with Gasteiger partial charge in [0.05, 0.1) is 6.61 Å². The number of amides is 2. The van der Waals surface area contributed by atoms with Crippen molar-refractivity contribution < 1.29 is 19.4 Å². The zero-order valence-corrected chi connectivity index (χ0v) is 12.2. The third-order valence-electron chi connectivity index (χ3n) is 3.36. The van der Waals surface area contributed by atoms with Gasteiger partial charge in [-0.05, 0) is 18.4 Å². The quantitative estimate of drug-likeness (QED) is 0.696. The SMILES string of the molecule is CCCCC(NC(=O)N1CC=C(COC)CC1)C(=O)O. The Morgan fingerprint density at radius 3 is 2.80 bits per heavy atom. The predicted molar refractivity (Wildman–Crippen MR) is 75.6 cm³/mol. The number of carboxylic acids is 1. The molecule has 2 amide bonds. The number of unbranched alkanes of at least 4 members (excludes halogenated alkanes) is 1. The van der Waals surface area contributed by atoms with Gasteiger partial charge in [-0.3, -0.25) is 0 Å². The molecule has 1 heterocycles. The highest BCUT2D eigenvalue weighted by atomic mass is 16.5. The monoisotopic (exact) mass is 284 g/mol. The normalized spacial score (nSPS) is 16.5. The molecule has 1 aliphatic rings. The van der Waals surface area contributed by atoms with Gasteiger partial charge in [0.1, 0.15) is 6.04 Å². The van der Waals surface area contributed by atoms with Gasteiger partial charge in [0.15, 0.2) is 0 Å². The smallest absolute Gasteiger partial charge is 0.326 e. The third kappa shape index (κ3) is 5.21. The van der Waals surface area contributed by atoms with E-state index in [-0.39, 0.29) is 6.03 Å². The average molecular weight is 284 g/mol. The number of nitrogens with one attached hydrogen (secondary N) is 1. The van der Waals surface area contributed by atoms with Gasteiger partial charge in [-0.25, -0.2) is 9.59 Å². The molecule has 1 rings (SSSR count). The number of nitrogens with zero attached hydrogens (tertiary/aromatic N) is 1. The number of carbonyl (C=O) groups is 2. The Kier molecular flexibility index (Phi) is 7.08. The molecule has 2 N–H and O–H groups in total. The van der Waals surface area contributed by atoms with E-state index in [1.54, 1.807) is 12.0 Å². The first-order valence-electron chi connectivity index (χ1n) is 7.03. The molecule has 0 aliphatic carbocycles. The summed E-state index contributed by atoms with van der Waals surface area (Å²) in [6.07, 6.45) is 4.90. The fraction of sp³-hybridized carbons (Fsp3) is 0.714. The molecule has 0 bridgehead atoms. The lowest BCUT2D eigenvalue weighted by molar-refractivity contribution is -0.139. The lowest BCUT2D eigenvalue weighted by Gasteiger charge is -2.28. The molecule has 0 saturated carbocycles. The van der Waals surface area contributed by atoms with Gasteiger partial charge in [-0.2, -0.15) is 0 Å². The van der Waals surface area contributed by atoms with Crippen LogP contribution in [-0.4, -0.2) is 54.9 Å². The van der Waals surface area contributed by atoms with Crippen molar-refractivity contribution in [2.24, 2.45) is 0 Å². The summed E-state index contributed by atoms with van der Waals surface area (Å²) in [5.41, 5.74) is 1.18. The summed E-state index contributed by atoms with van der Waals surface area (Å²) in [6.45, 7) is 3.68. The van der Waals surface area contributed by atoms with Crippen molar-refractivity contribution in [3.05, 3.63) is 11.6 Å². The van der Waals surface area contributed by atoms with Gasteiger partial charge < -0.3 is 20.1 Å². The van der Waals surface area contributed by atoms with Crippen molar-refractivity contribution in [3.8, 4) is 0 Å². The van der Waals surface area contributed by atoms with Gasteiger partial charge >= 0.3 is 12.0 Å². The van der Waals surface area contributed by atoms with Crippen LogP contribution >= 0.6 is 0 Å². The van der Waals surface area contributed by atoms with Crippen molar-refractivity contribution in [1.82, 2.24) is 10.2 Å². The van der Waals surface area contributed by atoms with Gasteiger partial charge in [-0.1, -0.05) is 25.8 Å². The number of hydrogen-bond acceptors (Lipinski definition) is 3. The summed E-state index contributed by atoms with van der Waals surface area (Å²) in [7, 11) is 1.64. The minimum Gasteiger partial charge on any atom is -0.480 e. The van der Waals surface area contributed by atoms with Crippen LogP contribution in [0.5, 0.6) is 0 Å². The molecule has 0 radical (unpaired) electrons. The molecule has 0 aromatic carbocycles. The Morgan fingerprint density at radius 2 is 2.30 bits per heavy atom. The summed E-state index contributed by atoms with van der Waals surface area (Å²) >= 11 is 0. The Bertz CT molecular complexity index is 368. The molecule has 6 nitrogen and oxygen atoms in total. The van der Waals surface area contributed by atoms with Crippen LogP contribution in [0.3, 0.4) is 0 Å². The highest BCUT2D eigenvalue weighted by Crippen LogP contribution is 2.11. The number of methoxy groups -OCH3 is 1. The van der Waals surface area contributed by atoms with E-state index in [1.165, 1.54) is 5.57 Å². The maximum absolute atomic E-state index is 12.0. The standard InChI is InChI=1S/C14H24N2O4/c1-3-4-5-12(13(17)18)15-14(19)16-8-6-11(7-9-16)10-20-2/h6,12H,3-5,7-10H2,1-2H3,(H,15,19)(H,17,18). The largest absolute Gasteiger partial charge is 0.480 e. The number of urea groups is 1. The summed E-state index contributed by atoms with van der Waals surface area (Å²) in [5, 5.41) is 11.7. The maximum Gasteiger partial charge on any atom is 0.326 e. The minimum absolute atomic E-state index is 0.304. The van der Waals surface area contributed by atoms with E-state index in [1.807, 2.05) is 13.0 Å². The van der Waals surface area contributed by atoms with Crippen LogP contribution in [0.25, 0.3) is 0 Å². The summed E-state index contributed by atoms with van der Waals surface area (Å²) in [6, 6.07) is -1.10. The molecule has 20 heavy (non-hydrogen) atoms. The Labute approximate surface area is 119 Å². The van der Waals surface area contributed by atoms with Crippen LogP contribution in [0, 0.1) is 0 Å². The van der Waals surface area contributed by atoms with Crippen molar-refractivity contribution >= 4 is 12.0 Å². The molecule has 1 aliphatic heterocycles. The highest BCUT2D eigenvalue weighted by Gasteiger charge is 2.23. The highest BCUT2D eigenvalue weighted by molar-refractivity contribution is 5.82. The van der Waals surface area contributed by atoms with Crippen molar-refractivity contribution in [2.75, 3.05) is 26.8 Å². The molecule has 1 atom stereocenters. The van der Waals surface area contributed by atoms with E-state index in [0.717, 1.165) is 19.3 Å².